The van der Waals surface area contributed by atoms with Gasteiger partial charge in [-0.3, -0.25) is 0 Å². The highest BCUT2D eigenvalue weighted by Gasteiger charge is 2.18. The summed E-state index contributed by atoms with van der Waals surface area (Å²) in [4.78, 5) is 0. The van der Waals surface area contributed by atoms with E-state index in [1.165, 1.54) is 25.7 Å². The summed E-state index contributed by atoms with van der Waals surface area (Å²) in [6.07, 6.45) is 6.16. The molecule has 0 radical (unpaired) electrons. The molecular formula is C12H27NO2. The minimum absolute atomic E-state index is 0.119. The van der Waals surface area contributed by atoms with Crippen molar-refractivity contribution in [2.45, 2.75) is 58.3 Å². The molecule has 0 aliphatic rings. The van der Waals surface area contributed by atoms with Crippen molar-refractivity contribution in [3.63, 3.8) is 0 Å². The first-order chi connectivity index (χ1) is 7.29. The molecule has 0 heterocycles. The summed E-state index contributed by atoms with van der Waals surface area (Å²) in [6, 6.07) is 0.321. The van der Waals surface area contributed by atoms with Gasteiger partial charge in [-0.05, 0) is 13.0 Å². The van der Waals surface area contributed by atoms with Gasteiger partial charge in [0.25, 0.3) is 0 Å². The van der Waals surface area contributed by atoms with Gasteiger partial charge in [0, 0.05) is 14.2 Å². The van der Waals surface area contributed by atoms with E-state index in [2.05, 4.69) is 19.2 Å². The van der Waals surface area contributed by atoms with Crippen LogP contribution in [0.1, 0.15) is 46.0 Å². The van der Waals surface area contributed by atoms with Crippen molar-refractivity contribution in [3.05, 3.63) is 0 Å². The van der Waals surface area contributed by atoms with Crippen LogP contribution >= 0.6 is 0 Å². The van der Waals surface area contributed by atoms with Crippen LogP contribution in [-0.2, 0) is 9.47 Å². The van der Waals surface area contributed by atoms with Crippen LogP contribution in [0.2, 0.25) is 0 Å². The van der Waals surface area contributed by atoms with E-state index in [4.69, 9.17) is 9.47 Å². The monoisotopic (exact) mass is 217 g/mol. The molecule has 0 fully saturated rings. The van der Waals surface area contributed by atoms with Crippen LogP contribution in [0.25, 0.3) is 0 Å². The molecule has 1 N–H and O–H groups in total. The highest BCUT2D eigenvalue weighted by atomic mass is 16.7. The SMILES string of the molecule is CCCCCCC(NCC)C(OC)OC. The topological polar surface area (TPSA) is 30.5 Å². The van der Waals surface area contributed by atoms with Gasteiger partial charge in [0.1, 0.15) is 0 Å². The van der Waals surface area contributed by atoms with Gasteiger partial charge in [-0.15, -0.1) is 0 Å². The second kappa shape index (κ2) is 10.4. The molecule has 0 aliphatic carbocycles. The Morgan fingerprint density at radius 2 is 1.67 bits per heavy atom. The van der Waals surface area contributed by atoms with Gasteiger partial charge in [-0.2, -0.15) is 0 Å². The number of methoxy groups -OCH3 is 2. The third kappa shape index (κ3) is 6.88. The Morgan fingerprint density at radius 1 is 1.00 bits per heavy atom. The van der Waals surface area contributed by atoms with Gasteiger partial charge >= 0.3 is 0 Å². The predicted octanol–water partition coefficient (Wildman–Crippen LogP) is 2.55. The second-order valence-corrected chi connectivity index (χ2v) is 3.85. The average molecular weight is 217 g/mol. The van der Waals surface area contributed by atoms with Crippen molar-refractivity contribution < 1.29 is 9.47 Å². The third-order valence-corrected chi connectivity index (χ3v) is 2.63. The first-order valence-corrected chi connectivity index (χ1v) is 6.09. The Hall–Kier alpha value is -0.120. The molecule has 1 unspecified atom stereocenters. The van der Waals surface area contributed by atoms with Crippen molar-refractivity contribution >= 4 is 0 Å². The zero-order valence-corrected chi connectivity index (χ0v) is 10.7. The Balaban J connectivity index is 3.80. The molecular weight excluding hydrogens is 190 g/mol. The molecule has 15 heavy (non-hydrogen) atoms. The van der Waals surface area contributed by atoms with E-state index in [1.54, 1.807) is 14.2 Å². The fraction of sp³-hybridized carbons (Fsp3) is 1.00. The fourth-order valence-electron chi connectivity index (χ4n) is 1.81. The van der Waals surface area contributed by atoms with Crippen LogP contribution in [0, 0.1) is 0 Å². The molecule has 1 atom stereocenters. The lowest BCUT2D eigenvalue weighted by Gasteiger charge is -2.25. The van der Waals surface area contributed by atoms with Gasteiger partial charge in [0.2, 0.25) is 0 Å². The van der Waals surface area contributed by atoms with Crippen LogP contribution < -0.4 is 5.32 Å². The van der Waals surface area contributed by atoms with Crippen LogP contribution in [-0.4, -0.2) is 33.1 Å². The van der Waals surface area contributed by atoms with Crippen molar-refractivity contribution in [2.75, 3.05) is 20.8 Å². The van der Waals surface area contributed by atoms with E-state index < -0.39 is 0 Å². The van der Waals surface area contributed by atoms with E-state index in [1.807, 2.05) is 0 Å². The molecule has 3 nitrogen and oxygen atoms in total. The summed E-state index contributed by atoms with van der Waals surface area (Å²) in [5, 5.41) is 3.41. The Bertz CT molecular complexity index is 127. The minimum Gasteiger partial charge on any atom is -0.354 e. The number of nitrogens with one attached hydrogen (secondary N) is 1. The van der Waals surface area contributed by atoms with E-state index in [0.29, 0.717) is 6.04 Å². The first kappa shape index (κ1) is 14.9. The zero-order chi connectivity index (χ0) is 11.5. The number of likely N-dealkylation sites (N-methyl/N-ethyl adjacent to an activating group) is 1. The Kier molecular flexibility index (Phi) is 10.3. The number of rotatable bonds is 10. The summed E-state index contributed by atoms with van der Waals surface area (Å²) in [7, 11) is 3.40. The molecule has 0 aliphatic heterocycles. The predicted molar refractivity (Wildman–Crippen MR) is 64.0 cm³/mol. The second-order valence-electron chi connectivity index (χ2n) is 3.85. The molecule has 3 heteroatoms. The van der Waals surface area contributed by atoms with Gasteiger partial charge in [0.15, 0.2) is 6.29 Å². The lowest BCUT2D eigenvalue weighted by Crippen LogP contribution is -2.41. The molecule has 0 bridgehead atoms. The number of unbranched alkanes of at least 4 members (excludes halogenated alkanes) is 3. The normalized spacial score (nSPS) is 13.4. The molecule has 0 aromatic heterocycles. The van der Waals surface area contributed by atoms with E-state index in [0.717, 1.165) is 13.0 Å². The smallest absolute Gasteiger partial charge is 0.171 e. The maximum atomic E-state index is 5.29. The average Bonchev–Trinajstić information content (AvgIpc) is 2.26. The molecule has 0 saturated carbocycles. The van der Waals surface area contributed by atoms with Crippen LogP contribution in [0.4, 0.5) is 0 Å². The van der Waals surface area contributed by atoms with Crippen LogP contribution in [0.5, 0.6) is 0 Å². The quantitative estimate of drug-likeness (QED) is 0.450. The summed E-state index contributed by atoms with van der Waals surface area (Å²) < 4.78 is 10.6. The lowest BCUT2D eigenvalue weighted by molar-refractivity contribution is -0.124. The van der Waals surface area contributed by atoms with E-state index in [9.17, 15) is 0 Å². The third-order valence-electron chi connectivity index (χ3n) is 2.63. The van der Waals surface area contributed by atoms with E-state index in [-0.39, 0.29) is 6.29 Å². The standard InChI is InChI=1S/C12H27NO2/c1-5-7-8-9-10-11(13-6-2)12(14-3)15-4/h11-13H,5-10H2,1-4H3. The molecule has 0 amide bonds. The summed E-state index contributed by atoms with van der Waals surface area (Å²) in [5.41, 5.74) is 0. The number of ether oxygens (including phenoxy) is 2. The zero-order valence-electron chi connectivity index (χ0n) is 10.7. The summed E-state index contributed by atoms with van der Waals surface area (Å²) >= 11 is 0. The lowest BCUT2D eigenvalue weighted by atomic mass is 10.1. The first-order valence-electron chi connectivity index (χ1n) is 6.09. The number of hydrogen-bond donors (Lipinski definition) is 1. The largest absolute Gasteiger partial charge is 0.354 e. The molecule has 0 aromatic rings. The van der Waals surface area contributed by atoms with Gasteiger partial charge in [-0.1, -0.05) is 39.5 Å². The van der Waals surface area contributed by atoms with Crippen molar-refractivity contribution in [2.24, 2.45) is 0 Å². The Morgan fingerprint density at radius 3 is 2.13 bits per heavy atom. The van der Waals surface area contributed by atoms with Gasteiger partial charge in [-0.25, -0.2) is 0 Å². The van der Waals surface area contributed by atoms with Crippen molar-refractivity contribution in [3.8, 4) is 0 Å². The molecule has 0 aromatic carbocycles. The number of hydrogen-bond acceptors (Lipinski definition) is 3. The molecule has 0 saturated heterocycles. The molecule has 0 rings (SSSR count). The van der Waals surface area contributed by atoms with E-state index >= 15 is 0 Å². The summed E-state index contributed by atoms with van der Waals surface area (Å²) in [5.74, 6) is 0. The summed E-state index contributed by atoms with van der Waals surface area (Å²) in [6.45, 7) is 5.30. The highest BCUT2D eigenvalue weighted by Crippen LogP contribution is 2.10. The minimum atomic E-state index is -0.119. The molecule has 92 valence electrons. The fourth-order valence-corrected chi connectivity index (χ4v) is 1.81. The van der Waals surface area contributed by atoms with Crippen LogP contribution in [0.15, 0.2) is 0 Å². The highest BCUT2D eigenvalue weighted by molar-refractivity contribution is 4.69. The van der Waals surface area contributed by atoms with Gasteiger partial charge < -0.3 is 14.8 Å². The maximum absolute atomic E-state index is 5.29. The Labute approximate surface area is 94.5 Å². The van der Waals surface area contributed by atoms with Gasteiger partial charge in [0.05, 0.1) is 6.04 Å². The van der Waals surface area contributed by atoms with Crippen molar-refractivity contribution in [1.29, 1.82) is 0 Å². The maximum Gasteiger partial charge on any atom is 0.171 e. The molecule has 0 spiro atoms. The van der Waals surface area contributed by atoms with Crippen LogP contribution in [0.3, 0.4) is 0 Å². The van der Waals surface area contributed by atoms with Crippen molar-refractivity contribution in [1.82, 2.24) is 5.32 Å².